The van der Waals surface area contributed by atoms with Gasteiger partial charge in [-0.25, -0.2) is 4.79 Å². The van der Waals surface area contributed by atoms with Crippen LogP contribution in [0.1, 0.15) is 16.7 Å². The van der Waals surface area contributed by atoms with Gasteiger partial charge >= 0.3 is 5.97 Å². The third-order valence-corrected chi connectivity index (χ3v) is 3.04. The molecule has 0 aliphatic heterocycles. The summed E-state index contributed by atoms with van der Waals surface area (Å²) in [7, 11) is 0. The number of hydrogen-bond acceptors (Lipinski definition) is 2. The number of ether oxygens (including phenoxy) is 1. The maximum Gasteiger partial charge on any atom is 0.328 e. The van der Waals surface area contributed by atoms with Gasteiger partial charge in [0.1, 0.15) is 11.5 Å². The van der Waals surface area contributed by atoms with Gasteiger partial charge in [0, 0.05) is 16.7 Å². The van der Waals surface area contributed by atoms with Crippen LogP contribution >= 0.6 is 11.6 Å². The Labute approximate surface area is 128 Å². The van der Waals surface area contributed by atoms with Crippen LogP contribution in [-0.4, -0.2) is 11.1 Å². The molecule has 0 saturated heterocycles. The van der Waals surface area contributed by atoms with E-state index in [2.05, 4.69) is 6.07 Å². The number of aliphatic carboxylic acids is 1. The number of aryl methyl sites for hydroxylation is 2. The van der Waals surface area contributed by atoms with E-state index in [9.17, 15) is 4.79 Å². The zero-order valence-corrected chi connectivity index (χ0v) is 12.5. The van der Waals surface area contributed by atoms with Crippen LogP contribution in [0.25, 0.3) is 6.08 Å². The Morgan fingerprint density at radius 1 is 1.14 bits per heavy atom. The van der Waals surface area contributed by atoms with Gasteiger partial charge in [0.25, 0.3) is 0 Å². The average Bonchev–Trinajstić information content (AvgIpc) is 2.37. The molecule has 0 amide bonds. The summed E-state index contributed by atoms with van der Waals surface area (Å²) in [6, 6.07) is 11.0. The van der Waals surface area contributed by atoms with Gasteiger partial charge in [-0.2, -0.15) is 0 Å². The highest BCUT2D eigenvalue weighted by molar-refractivity contribution is 6.30. The highest BCUT2D eigenvalue weighted by Crippen LogP contribution is 2.30. The largest absolute Gasteiger partial charge is 0.478 e. The lowest BCUT2D eigenvalue weighted by Crippen LogP contribution is -1.91. The van der Waals surface area contributed by atoms with Crippen molar-refractivity contribution in [1.82, 2.24) is 0 Å². The molecule has 2 aromatic carbocycles. The number of carboxylic acids is 1. The molecule has 108 valence electrons. The summed E-state index contributed by atoms with van der Waals surface area (Å²) in [6.07, 6.45) is 2.52. The van der Waals surface area contributed by atoms with E-state index in [1.165, 1.54) is 6.08 Å². The first-order chi connectivity index (χ1) is 9.94. The predicted molar refractivity (Wildman–Crippen MR) is 84.1 cm³/mol. The van der Waals surface area contributed by atoms with Crippen LogP contribution < -0.4 is 4.74 Å². The third-order valence-electron chi connectivity index (χ3n) is 2.80. The Morgan fingerprint density at radius 2 is 1.81 bits per heavy atom. The minimum atomic E-state index is -1.02. The van der Waals surface area contributed by atoms with Gasteiger partial charge in [0.05, 0.1) is 0 Å². The van der Waals surface area contributed by atoms with Gasteiger partial charge < -0.3 is 9.84 Å². The van der Waals surface area contributed by atoms with Crippen LogP contribution in [0.5, 0.6) is 11.5 Å². The fourth-order valence-corrected chi connectivity index (χ4v) is 2.20. The Kier molecular flexibility index (Phi) is 4.66. The summed E-state index contributed by atoms with van der Waals surface area (Å²) >= 11 is 5.95. The van der Waals surface area contributed by atoms with Crippen LogP contribution in [0.2, 0.25) is 5.02 Å². The highest BCUT2D eigenvalue weighted by atomic mass is 35.5. The summed E-state index contributed by atoms with van der Waals surface area (Å²) in [5, 5.41) is 9.26. The van der Waals surface area contributed by atoms with Gasteiger partial charge in [-0.3, -0.25) is 0 Å². The lowest BCUT2D eigenvalue weighted by molar-refractivity contribution is -0.131. The van der Waals surface area contributed by atoms with E-state index >= 15 is 0 Å². The Bertz CT molecular complexity index is 685. The Balaban J connectivity index is 2.36. The summed E-state index contributed by atoms with van der Waals surface area (Å²) in [5.41, 5.74) is 2.81. The normalized spacial score (nSPS) is 10.8. The number of benzene rings is 2. The molecule has 3 nitrogen and oxygen atoms in total. The van der Waals surface area contributed by atoms with Crippen LogP contribution in [0.4, 0.5) is 0 Å². The van der Waals surface area contributed by atoms with Crippen LogP contribution in [0.15, 0.2) is 42.5 Å². The fourth-order valence-electron chi connectivity index (χ4n) is 2.02. The quantitative estimate of drug-likeness (QED) is 0.821. The van der Waals surface area contributed by atoms with Crippen molar-refractivity contribution in [3.05, 3.63) is 64.2 Å². The third kappa shape index (κ3) is 4.36. The molecule has 21 heavy (non-hydrogen) atoms. The molecule has 0 aromatic heterocycles. The second-order valence-electron chi connectivity index (χ2n) is 4.78. The van der Waals surface area contributed by atoms with Crippen molar-refractivity contribution in [3.63, 3.8) is 0 Å². The summed E-state index contributed by atoms with van der Waals surface area (Å²) in [6.45, 7) is 3.99. The average molecular weight is 303 g/mol. The predicted octanol–water partition coefficient (Wildman–Crippen LogP) is 4.85. The van der Waals surface area contributed by atoms with Crippen molar-refractivity contribution < 1.29 is 14.6 Å². The van der Waals surface area contributed by atoms with Gasteiger partial charge in [-0.15, -0.1) is 0 Å². The molecule has 0 unspecified atom stereocenters. The number of carbonyl (C=O) groups is 1. The monoisotopic (exact) mass is 302 g/mol. The summed E-state index contributed by atoms with van der Waals surface area (Å²) in [5.74, 6) is 0.244. The van der Waals surface area contributed by atoms with E-state index in [1.54, 1.807) is 18.2 Å². The van der Waals surface area contributed by atoms with Crippen molar-refractivity contribution >= 4 is 23.6 Å². The second-order valence-corrected chi connectivity index (χ2v) is 5.22. The first-order valence-corrected chi connectivity index (χ1v) is 6.78. The molecule has 0 spiro atoms. The van der Waals surface area contributed by atoms with E-state index < -0.39 is 5.97 Å². The molecule has 1 N–H and O–H groups in total. The van der Waals surface area contributed by atoms with Crippen LogP contribution in [0, 0.1) is 13.8 Å². The Morgan fingerprint density at radius 3 is 2.43 bits per heavy atom. The molecule has 0 aliphatic rings. The van der Waals surface area contributed by atoms with Crippen LogP contribution in [-0.2, 0) is 4.79 Å². The maximum atomic E-state index is 10.7. The molecule has 0 fully saturated rings. The zero-order valence-electron chi connectivity index (χ0n) is 11.8. The lowest BCUT2D eigenvalue weighted by Gasteiger charge is -2.11. The maximum absolute atomic E-state index is 10.7. The SMILES string of the molecule is Cc1cc(C)cc(Oc2ccc(Cl)cc2/C=C/C(=O)O)c1. The molecule has 0 heterocycles. The van der Waals surface area contributed by atoms with Crippen molar-refractivity contribution in [2.45, 2.75) is 13.8 Å². The first-order valence-electron chi connectivity index (χ1n) is 6.41. The minimum Gasteiger partial charge on any atom is -0.478 e. The van der Waals surface area contributed by atoms with E-state index in [4.69, 9.17) is 21.4 Å². The van der Waals surface area contributed by atoms with E-state index in [0.717, 1.165) is 17.2 Å². The standard InChI is InChI=1S/C17H15ClO3/c1-11-7-12(2)9-15(8-11)21-16-5-4-14(18)10-13(16)3-6-17(19)20/h3-10H,1-2H3,(H,19,20)/b6-3+. The smallest absolute Gasteiger partial charge is 0.328 e. The molecule has 4 heteroatoms. The lowest BCUT2D eigenvalue weighted by atomic mass is 10.1. The fraction of sp³-hybridized carbons (Fsp3) is 0.118. The van der Waals surface area contributed by atoms with Gasteiger partial charge in [0.15, 0.2) is 0 Å². The number of halogens is 1. The van der Waals surface area contributed by atoms with Crippen molar-refractivity contribution in [2.24, 2.45) is 0 Å². The molecule has 0 bridgehead atoms. The molecule has 2 rings (SSSR count). The topological polar surface area (TPSA) is 46.5 Å². The molecule has 0 aliphatic carbocycles. The van der Waals surface area contributed by atoms with Crippen LogP contribution in [0.3, 0.4) is 0 Å². The van der Waals surface area contributed by atoms with Gasteiger partial charge in [-0.1, -0.05) is 17.7 Å². The van der Waals surface area contributed by atoms with Crippen molar-refractivity contribution in [2.75, 3.05) is 0 Å². The molecular formula is C17H15ClO3. The number of carboxylic acid groups (broad SMARTS) is 1. The van der Waals surface area contributed by atoms with Crippen molar-refractivity contribution in [3.8, 4) is 11.5 Å². The first kappa shape index (κ1) is 15.1. The molecule has 0 atom stereocenters. The second kappa shape index (κ2) is 6.46. The summed E-state index contributed by atoms with van der Waals surface area (Å²) in [4.78, 5) is 10.7. The number of rotatable bonds is 4. The molecule has 0 saturated carbocycles. The Hall–Kier alpha value is -2.26. The van der Waals surface area contributed by atoms with Crippen molar-refractivity contribution in [1.29, 1.82) is 0 Å². The van der Waals surface area contributed by atoms with E-state index in [-0.39, 0.29) is 0 Å². The van der Waals surface area contributed by atoms with E-state index in [0.29, 0.717) is 22.1 Å². The molecule has 0 radical (unpaired) electrons. The summed E-state index contributed by atoms with van der Waals surface area (Å²) < 4.78 is 5.86. The zero-order chi connectivity index (χ0) is 15.4. The highest BCUT2D eigenvalue weighted by Gasteiger charge is 2.05. The number of hydrogen-bond donors (Lipinski definition) is 1. The van der Waals surface area contributed by atoms with Gasteiger partial charge in [0.2, 0.25) is 0 Å². The minimum absolute atomic E-state index is 0.521. The molecule has 2 aromatic rings. The van der Waals surface area contributed by atoms with E-state index in [1.807, 2.05) is 26.0 Å². The molecular weight excluding hydrogens is 288 g/mol. The van der Waals surface area contributed by atoms with Gasteiger partial charge in [-0.05, 0) is 61.4 Å².